The molecule has 0 unspecified atom stereocenters. The lowest BCUT2D eigenvalue weighted by atomic mass is 9.96. The highest BCUT2D eigenvalue weighted by Gasteiger charge is 2.27. The van der Waals surface area contributed by atoms with Crippen LogP contribution in [0.3, 0.4) is 0 Å². The van der Waals surface area contributed by atoms with Gasteiger partial charge in [0.05, 0.1) is 11.4 Å². The number of anilines is 1. The zero-order valence-corrected chi connectivity index (χ0v) is 18.9. The summed E-state index contributed by atoms with van der Waals surface area (Å²) in [7, 11) is 0. The number of para-hydroxylation sites is 1. The lowest BCUT2D eigenvalue weighted by Gasteiger charge is -2.31. The first kappa shape index (κ1) is 21.9. The first-order valence-electron chi connectivity index (χ1n) is 10.4. The number of nitrogen functional groups attached to an aromatic ring is 1. The maximum absolute atomic E-state index is 12.7. The number of benzene rings is 1. The number of piperidine rings is 1. The van der Waals surface area contributed by atoms with Crippen LogP contribution in [0.5, 0.6) is 0 Å². The minimum Gasteiger partial charge on any atom is -0.342 e. The van der Waals surface area contributed by atoms with E-state index in [9.17, 15) is 9.59 Å². The van der Waals surface area contributed by atoms with Gasteiger partial charge in [0.1, 0.15) is 0 Å². The first-order chi connectivity index (χ1) is 15.4. The molecule has 2 amide bonds. The van der Waals surface area contributed by atoms with Crippen molar-refractivity contribution in [1.82, 2.24) is 29.6 Å². The van der Waals surface area contributed by atoms with E-state index in [2.05, 4.69) is 20.6 Å². The van der Waals surface area contributed by atoms with Gasteiger partial charge in [-0.25, -0.2) is 9.36 Å². The molecule has 3 N–H and O–H groups in total. The lowest BCUT2D eigenvalue weighted by molar-refractivity contribution is -0.132. The number of carbonyl (C=O) groups excluding carboxylic acids is 2. The summed E-state index contributed by atoms with van der Waals surface area (Å²) in [5.41, 5.74) is 2.54. The molecule has 1 fully saturated rings. The standard InChI is InChI=1S/C21H26N8O2S/c1-14-12-15(2)29(26-14)20-24-25-21(28(20)22)32-13-18(30)27-10-8-16(9-11-27)19(31)23-17-6-4-3-5-7-17/h3-7,12,16H,8-11,13,22H2,1-2H3,(H,23,31). The van der Waals surface area contributed by atoms with Crippen LogP contribution in [0.2, 0.25) is 0 Å². The third-order valence-corrected chi connectivity index (χ3v) is 6.36. The number of likely N-dealkylation sites (tertiary alicyclic amines) is 1. The van der Waals surface area contributed by atoms with Gasteiger partial charge in [0.15, 0.2) is 0 Å². The van der Waals surface area contributed by atoms with E-state index in [1.165, 1.54) is 16.4 Å². The van der Waals surface area contributed by atoms with Gasteiger partial charge in [-0.2, -0.15) is 5.10 Å². The van der Waals surface area contributed by atoms with Crippen LogP contribution in [0.15, 0.2) is 41.6 Å². The fraction of sp³-hybridized carbons (Fsp3) is 0.381. The average molecular weight is 455 g/mol. The maximum Gasteiger partial charge on any atom is 0.271 e. The molecular weight excluding hydrogens is 428 g/mol. The van der Waals surface area contributed by atoms with Crippen molar-refractivity contribution >= 4 is 29.3 Å². The number of nitrogens with zero attached hydrogens (tertiary/aromatic N) is 6. The highest BCUT2D eigenvalue weighted by atomic mass is 32.2. The number of rotatable bonds is 6. The summed E-state index contributed by atoms with van der Waals surface area (Å²) >= 11 is 1.24. The molecule has 0 atom stereocenters. The molecule has 1 saturated heterocycles. The van der Waals surface area contributed by atoms with Crippen LogP contribution >= 0.6 is 11.8 Å². The van der Waals surface area contributed by atoms with Crippen LogP contribution in [0.25, 0.3) is 5.95 Å². The van der Waals surface area contributed by atoms with E-state index in [4.69, 9.17) is 5.84 Å². The smallest absolute Gasteiger partial charge is 0.271 e. The Morgan fingerprint density at radius 3 is 2.53 bits per heavy atom. The van der Waals surface area contributed by atoms with Gasteiger partial charge in [-0.1, -0.05) is 30.0 Å². The number of hydrogen-bond donors (Lipinski definition) is 2. The quantitative estimate of drug-likeness (QED) is 0.430. The Labute approximate surface area is 190 Å². The molecule has 0 spiro atoms. The van der Waals surface area contributed by atoms with E-state index in [1.54, 1.807) is 9.58 Å². The molecule has 0 bridgehead atoms. The molecule has 11 heteroatoms. The SMILES string of the molecule is Cc1cc(C)n(-c2nnc(SCC(=O)N3CCC(C(=O)Nc4ccccc4)CC3)n2N)n1. The summed E-state index contributed by atoms with van der Waals surface area (Å²) in [6, 6.07) is 11.3. The van der Waals surface area contributed by atoms with Gasteiger partial charge in [-0.15, -0.1) is 10.2 Å². The van der Waals surface area contributed by atoms with Crippen molar-refractivity contribution < 1.29 is 9.59 Å². The second-order valence-corrected chi connectivity index (χ2v) is 8.73. The highest BCUT2D eigenvalue weighted by molar-refractivity contribution is 7.99. The van der Waals surface area contributed by atoms with E-state index < -0.39 is 0 Å². The summed E-state index contributed by atoms with van der Waals surface area (Å²) in [5, 5.41) is 16.0. The number of carbonyl (C=O) groups is 2. The van der Waals surface area contributed by atoms with E-state index in [0.717, 1.165) is 17.1 Å². The van der Waals surface area contributed by atoms with Gasteiger partial charge < -0.3 is 16.1 Å². The van der Waals surface area contributed by atoms with Crippen LogP contribution in [0, 0.1) is 19.8 Å². The number of hydrogen-bond acceptors (Lipinski definition) is 7. The van der Waals surface area contributed by atoms with Gasteiger partial charge in [0, 0.05) is 30.4 Å². The Bertz CT molecular complexity index is 1100. The molecule has 0 aliphatic carbocycles. The second-order valence-electron chi connectivity index (χ2n) is 7.79. The monoisotopic (exact) mass is 454 g/mol. The van der Waals surface area contributed by atoms with Crippen LogP contribution in [-0.4, -0.2) is 60.2 Å². The normalized spacial score (nSPS) is 14.5. The first-order valence-corrected chi connectivity index (χ1v) is 11.4. The number of amides is 2. The van der Waals surface area contributed by atoms with Crippen molar-refractivity contribution in [3.8, 4) is 5.95 Å². The van der Waals surface area contributed by atoms with Crippen LogP contribution < -0.4 is 11.2 Å². The van der Waals surface area contributed by atoms with Crippen LogP contribution in [0.1, 0.15) is 24.2 Å². The zero-order valence-electron chi connectivity index (χ0n) is 18.1. The van der Waals surface area contributed by atoms with Crippen LogP contribution in [-0.2, 0) is 9.59 Å². The number of thioether (sulfide) groups is 1. The molecule has 0 saturated carbocycles. The molecule has 0 radical (unpaired) electrons. The molecule has 168 valence electrons. The van der Waals surface area contributed by atoms with E-state index >= 15 is 0 Å². The van der Waals surface area contributed by atoms with Gasteiger partial charge in [0.25, 0.3) is 5.95 Å². The average Bonchev–Trinajstić information content (AvgIpc) is 3.33. The Kier molecular flexibility index (Phi) is 6.45. The van der Waals surface area contributed by atoms with Gasteiger partial charge in [-0.05, 0) is 44.9 Å². The Hall–Kier alpha value is -3.34. The fourth-order valence-corrected chi connectivity index (χ4v) is 4.47. The predicted molar refractivity (Wildman–Crippen MR) is 122 cm³/mol. The number of aromatic nitrogens is 5. The summed E-state index contributed by atoms with van der Waals surface area (Å²) < 4.78 is 2.97. The Morgan fingerprint density at radius 1 is 1.16 bits per heavy atom. The van der Waals surface area contributed by atoms with E-state index in [-0.39, 0.29) is 23.5 Å². The summed E-state index contributed by atoms with van der Waals surface area (Å²) in [6.45, 7) is 4.91. The summed E-state index contributed by atoms with van der Waals surface area (Å²) in [5.74, 6) is 6.64. The number of aryl methyl sites for hydroxylation is 2. The molecule has 32 heavy (non-hydrogen) atoms. The van der Waals surface area contributed by atoms with E-state index in [0.29, 0.717) is 37.0 Å². The molecule has 2 aromatic heterocycles. The van der Waals surface area contributed by atoms with Crippen molar-refractivity contribution in [1.29, 1.82) is 0 Å². The zero-order chi connectivity index (χ0) is 22.7. The largest absolute Gasteiger partial charge is 0.342 e. The van der Waals surface area contributed by atoms with E-state index in [1.807, 2.05) is 50.2 Å². The maximum atomic E-state index is 12.7. The molecular formula is C21H26N8O2S. The highest BCUT2D eigenvalue weighted by Crippen LogP contribution is 2.22. The minimum absolute atomic E-state index is 0.00517. The van der Waals surface area contributed by atoms with Gasteiger partial charge in [0.2, 0.25) is 17.0 Å². The van der Waals surface area contributed by atoms with Crippen molar-refractivity contribution in [2.75, 3.05) is 30.0 Å². The molecule has 1 aliphatic heterocycles. The molecule has 1 aromatic carbocycles. The van der Waals surface area contributed by atoms with Crippen molar-refractivity contribution in [3.05, 3.63) is 47.8 Å². The third-order valence-electron chi connectivity index (χ3n) is 5.43. The van der Waals surface area contributed by atoms with Crippen molar-refractivity contribution in [2.45, 2.75) is 31.8 Å². The van der Waals surface area contributed by atoms with Gasteiger partial charge >= 0.3 is 0 Å². The topological polar surface area (TPSA) is 124 Å². The second kappa shape index (κ2) is 9.43. The molecule has 10 nitrogen and oxygen atoms in total. The fourth-order valence-electron chi connectivity index (χ4n) is 3.72. The molecule has 4 rings (SSSR count). The minimum atomic E-state index is -0.0950. The van der Waals surface area contributed by atoms with Crippen LogP contribution in [0.4, 0.5) is 5.69 Å². The Balaban J connectivity index is 1.28. The molecule has 3 aromatic rings. The Morgan fingerprint density at radius 2 is 1.88 bits per heavy atom. The lowest BCUT2D eigenvalue weighted by Crippen LogP contribution is -2.42. The molecule has 3 heterocycles. The van der Waals surface area contributed by atoms with Crippen molar-refractivity contribution in [3.63, 3.8) is 0 Å². The predicted octanol–water partition coefficient (Wildman–Crippen LogP) is 1.76. The summed E-state index contributed by atoms with van der Waals surface area (Å²) in [4.78, 5) is 26.9. The van der Waals surface area contributed by atoms with Crippen molar-refractivity contribution in [2.24, 2.45) is 5.92 Å². The van der Waals surface area contributed by atoms with Gasteiger partial charge in [-0.3, -0.25) is 9.59 Å². The third kappa shape index (κ3) is 4.77. The summed E-state index contributed by atoms with van der Waals surface area (Å²) in [6.07, 6.45) is 1.29. The molecule has 1 aliphatic rings. The number of nitrogens with one attached hydrogen (secondary N) is 1. The number of nitrogens with two attached hydrogens (primary N) is 1.